The second-order valence-electron chi connectivity index (χ2n) is 17.2. The van der Waals surface area contributed by atoms with E-state index < -0.39 is 74.6 Å². The minimum atomic E-state index is -3.51. The van der Waals surface area contributed by atoms with Gasteiger partial charge in [-0.3, -0.25) is 19.2 Å². The second-order valence-corrected chi connectivity index (χ2v) is 19.3. The molecular weight excluding hydrogens is 648 g/mol. The number of sulfonamides is 1. The van der Waals surface area contributed by atoms with E-state index in [1.54, 1.807) is 4.90 Å². The SMILES string of the molecule is C=CCNC(=O)C(=O)C(CC1CC1)NC(=O)[C@@H]1[C@H]2CCC(C)(C)[C@H]2CN1C(=O)C(NC(=O)N[C@H](CN(C)S(C)(=O)=O)C(C)(C)C)C(C)(C)C. The van der Waals surface area contributed by atoms with E-state index in [1.807, 2.05) is 41.5 Å². The molecule has 2 saturated carbocycles. The van der Waals surface area contributed by atoms with Gasteiger partial charge in [-0.2, -0.15) is 0 Å². The lowest BCUT2D eigenvalue weighted by Gasteiger charge is -2.38. The van der Waals surface area contributed by atoms with E-state index >= 15 is 0 Å². The summed E-state index contributed by atoms with van der Waals surface area (Å²) in [4.78, 5) is 69.8. The van der Waals surface area contributed by atoms with Gasteiger partial charge in [-0.1, -0.05) is 74.3 Å². The van der Waals surface area contributed by atoms with Gasteiger partial charge in [0, 0.05) is 32.7 Å². The quantitative estimate of drug-likeness (QED) is 0.158. The van der Waals surface area contributed by atoms with E-state index in [-0.39, 0.29) is 36.3 Å². The average Bonchev–Trinajstić information content (AvgIpc) is 3.62. The summed E-state index contributed by atoms with van der Waals surface area (Å²) in [6.45, 7) is 19.5. The fourth-order valence-electron chi connectivity index (χ4n) is 7.04. The highest BCUT2D eigenvalue weighted by Gasteiger charge is 2.57. The van der Waals surface area contributed by atoms with Crippen LogP contribution in [-0.2, 0) is 29.2 Å². The summed E-state index contributed by atoms with van der Waals surface area (Å²) in [7, 11) is -2.06. The average molecular weight is 709 g/mol. The van der Waals surface area contributed by atoms with Crippen molar-refractivity contribution in [3.63, 3.8) is 0 Å². The van der Waals surface area contributed by atoms with Gasteiger partial charge in [0.25, 0.3) is 5.91 Å². The Morgan fingerprint density at radius 3 is 2.10 bits per heavy atom. The number of likely N-dealkylation sites (N-methyl/N-ethyl adjacent to an activating group) is 1. The Bertz CT molecular complexity index is 1400. The first-order valence-corrected chi connectivity index (χ1v) is 19.3. The van der Waals surface area contributed by atoms with Crippen LogP contribution in [0.25, 0.3) is 0 Å². The molecule has 0 bridgehead atoms. The maximum Gasteiger partial charge on any atom is 0.315 e. The molecule has 1 heterocycles. The van der Waals surface area contributed by atoms with Gasteiger partial charge in [-0.25, -0.2) is 17.5 Å². The van der Waals surface area contributed by atoms with Crippen molar-refractivity contribution in [3.05, 3.63) is 12.7 Å². The molecule has 0 aromatic rings. The molecule has 2 unspecified atom stereocenters. The largest absolute Gasteiger partial charge is 0.346 e. The number of nitrogens with one attached hydrogen (secondary N) is 4. The molecule has 0 aromatic carbocycles. The number of urea groups is 1. The zero-order chi connectivity index (χ0) is 37.3. The zero-order valence-corrected chi connectivity index (χ0v) is 32.0. The molecule has 0 spiro atoms. The smallest absolute Gasteiger partial charge is 0.315 e. The Kier molecular flexibility index (Phi) is 12.4. The van der Waals surface area contributed by atoms with Gasteiger partial charge in [0.2, 0.25) is 27.6 Å². The molecule has 3 rings (SSSR count). The van der Waals surface area contributed by atoms with Crippen molar-refractivity contribution < 1.29 is 32.4 Å². The van der Waals surface area contributed by atoms with E-state index in [0.717, 1.165) is 31.9 Å². The molecule has 5 amide bonds. The predicted molar refractivity (Wildman–Crippen MR) is 189 cm³/mol. The van der Waals surface area contributed by atoms with Crippen LogP contribution in [0, 0.1) is 34.0 Å². The molecule has 49 heavy (non-hydrogen) atoms. The molecule has 3 aliphatic rings. The van der Waals surface area contributed by atoms with Crippen LogP contribution in [-0.4, -0.2) is 104 Å². The molecule has 1 saturated heterocycles. The second kappa shape index (κ2) is 15.1. The molecular formula is C35H60N6O7S. The van der Waals surface area contributed by atoms with Crippen LogP contribution >= 0.6 is 0 Å². The zero-order valence-electron chi connectivity index (χ0n) is 31.1. The number of hydrogen-bond acceptors (Lipinski definition) is 7. The van der Waals surface area contributed by atoms with Crippen LogP contribution in [0.15, 0.2) is 12.7 Å². The highest BCUT2D eigenvalue weighted by atomic mass is 32.2. The highest BCUT2D eigenvalue weighted by Crippen LogP contribution is 2.53. The third-order valence-corrected chi connectivity index (χ3v) is 11.9. The van der Waals surface area contributed by atoms with Crippen molar-refractivity contribution in [1.82, 2.24) is 30.5 Å². The molecule has 1 aliphatic heterocycles. The summed E-state index contributed by atoms with van der Waals surface area (Å²) in [5.74, 6) is -2.29. The van der Waals surface area contributed by atoms with E-state index in [1.165, 1.54) is 17.4 Å². The highest BCUT2D eigenvalue weighted by molar-refractivity contribution is 7.88. The first kappa shape index (κ1) is 40.4. The maximum absolute atomic E-state index is 14.6. The first-order chi connectivity index (χ1) is 22.4. The van der Waals surface area contributed by atoms with Crippen molar-refractivity contribution in [2.45, 2.75) is 112 Å². The summed E-state index contributed by atoms with van der Waals surface area (Å²) in [5.41, 5.74) is -1.42. The predicted octanol–water partition coefficient (Wildman–Crippen LogP) is 2.43. The summed E-state index contributed by atoms with van der Waals surface area (Å²) < 4.78 is 25.5. The maximum atomic E-state index is 14.6. The summed E-state index contributed by atoms with van der Waals surface area (Å²) in [6, 6.07) is -4.15. The summed E-state index contributed by atoms with van der Waals surface area (Å²) in [5, 5.41) is 11.2. The number of fused-ring (bicyclic) bond motifs is 1. The minimum Gasteiger partial charge on any atom is -0.346 e. The van der Waals surface area contributed by atoms with E-state index in [0.29, 0.717) is 13.0 Å². The van der Waals surface area contributed by atoms with Crippen molar-refractivity contribution in [3.8, 4) is 0 Å². The number of carbonyl (C=O) groups excluding carboxylic acids is 5. The number of ketones is 1. The molecule has 0 radical (unpaired) electrons. The Morgan fingerprint density at radius 2 is 1.59 bits per heavy atom. The van der Waals surface area contributed by atoms with Gasteiger partial charge in [0.1, 0.15) is 12.1 Å². The van der Waals surface area contributed by atoms with Gasteiger partial charge >= 0.3 is 6.03 Å². The van der Waals surface area contributed by atoms with E-state index in [9.17, 15) is 32.4 Å². The minimum absolute atomic E-state index is 0.0203. The lowest BCUT2D eigenvalue weighted by atomic mass is 9.79. The molecule has 13 nitrogen and oxygen atoms in total. The lowest BCUT2D eigenvalue weighted by molar-refractivity contribution is -0.144. The third kappa shape index (κ3) is 10.3. The standard InChI is InChI=1S/C35H60N6O7S/c1-12-17-36-30(44)27(42)24(18-21-13-14-21)37-29(43)26-22-15-16-35(8,9)23(22)19-41(26)31(45)28(34(5,6)7)39-32(46)38-25(33(2,3)4)20-40(10)49(11,47)48/h12,21-26,28H,1,13-20H2,2-11H3,(H,36,44)(H,37,43)(H2,38,39,46)/t22-,23-,24?,25+,26-,28?/m0/s1. The fraction of sp³-hybridized carbons (Fsp3) is 0.800. The van der Waals surface area contributed by atoms with Crippen molar-refractivity contribution in [2.24, 2.45) is 34.0 Å². The van der Waals surface area contributed by atoms with E-state index in [2.05, 4.69) is 41.7 Å². The van der Waals surface area contributed by atoms with Crippen LogP contribution < -0.4 is 21.3 Å². The van der Waals surface area contributed by atoms with Gasteiger partial charge in [0.05, 0.1) is 12.3 Å². The fourth-order valence-corrected chi connectivity index (χ4v) is 7.46. The molecule has 2 aliphatic carbocycles. The Hall–Kier alpha value is -3.00. The Labute approximate surface area is 293 Å². The van der Waals surface area contributed by atoms with Gasteiger partial charge < -0.3 is 26.2 Å². The molecule has 4 N–H and O–H groups in total. The summed E-state index contributed by atoms with van der Waals surface area (Å²) in [6.07, 6.45) is 6.36. The van der Waals surface area contributed by atoms with Crippen molar-refractivity contribution in [2.75, 3.05) is 32.9 Å². The van der Waals surface area contributed by atoms with Crippen molar-refractivity contribution >= 4 is 39.6 Å². The lowest BCUT2D eigenvalue weighted by Crippen LogP contribution is -2.62. The first-order valence-electron chi connectivity index (χ1n) is 17.4. The van der Waals surface area contributed by atoms with Gasteiger partial charge in [-0.05, 0) is 53.3 Å². The van der Waals surface area contributed by atoms with Crippen LogP contribution in [0.2, 0.25) is 0 Å². The van der Waals surface area contributed by atoms with Gasteiger partial charge in [-0.15, -0.1) is 6.58 Å². The monoisotopic (exact) mass is 708 g/mol. The number of carbonyl (C=O) groups is 5. The van der Waals surface area contributed by atoms with Crippen LogP contribution in [0.1, 0.15) is 87.5 Å². The molecule has 278 valence electrons. The molecule has 3 fully saturated rings. The van der Waals surface area contributed by atoms with Crippen LogP contribution in [0.5, 0.6) is 0 Å². The molecule has 6 atom stereocenters. The van der Waals surface area contributed by atoms with E-state index in [4.69, 9.17) is 0 Å². The topological polar surface area (TPSA) is 174 Å². The summed E-state index contributed by atoms with van der Waals surface area (Å²) >= 11 is 0. The number of rotatable bonds is 14. The number of likely N-dealkylation sites (tertiary alicyclic amines) is 1. The molecule has 0 aromatic heterocycles. The number of hydrogen-bond donors (Lipinski definition) is 4. The number of nitrogens with zero attached hydrogens (tertiary/aromatic N) is 2. The number of amides is 5. The number of Topliss-reactive ketones (excluding diaryl/α,β-unsaturated/α-hetero) is 1. The normalized spacial score (nSPS) is 24.0. The van der Waals surface area contributed by atoms with Gasteiger partial charge in [0.15, 0.2) is 0 Å². The Balaban J connectivity index is 1.90. The molecule has 14 heteroatoms. The Morgan fingerprint density at radius 1 is 0.980 bits per heavy atom. The van der Waals surface area contributed by atoms with Crippen LogP contribution in [0.4, 0.5) is 4.79 Å². The van der Waals surface area contributed by atoms with Crippen LogP contribution in [0.3, 0.4) is 0 Å². The van der Waals surface area contributed by atoms with Crippen molar-refractivity contribution in [1.29, 1.82) is 0 Å². The third-order valence-electron chi connectivity index (χ3n) is 10.6.